The Morgan fingerprint density at radius 2 is 2.14 bits per heavy atom. The first-order chi connectivity index (χ1) is 6.55. The van der Waals surface area contributed by atoms with Gasteiger partial charge < -0.3 is 5.73 Å². The smallest absolute Gasteiger partial charge is 0.150 e. The number of benzene rings is 1. The van der Waals surface area contributed by atoms with Crippen LogP contribution in [0.25, 0.3) is 0 Å². The van der Waals surface area contributed by atoms with Crippen LogP contribution in [0.3, 0.4) is 0 Å². The Balaban J connectivity index is 3.24. The molecule has 1 aromatic carbocycles. The third-order valence-electron chi connectivity index (χ3n) is 2.32. The summed E-state index contributed by atoms with van der Waals surface area (Å²) in [6.07, 6.45) is 0.164. The van der Waals surface area contributed by atoms with E-state index in [4.69, 9.17) is 5.73 Å². The van der Waals surface area contributed by atoms with Gasteiger partial charge in [-0.15, -0.1) is 0 Å². The standard InChI is InChI=1S/C10H12BrF2N/c1-2-10(13,6-14)7-4-3-5-8(11)9(7)12/h3-5H,2,6,14H2,1H3. The van der Waals surface area contributed by atoms with E-state index in [0.29, 0.717) is 0 Å². The zero-order valence-corrected chi connectivity index (χ0v) is 9.44. The molecule has 4 heteroatoms. The lowest BCUT2D eigenvalue weighted by atomic mass is 9.93. The van der Waals surface area contributed by atoms with E-state index < -0.39 is 11.5 Å². The van der Waals surface area contributed by atoms with E-state index in [0.717, 1.165) is 0 Å². The highest BCUT2D eigenvalue weighted by molar-refractivity contribution is 9.10. The molecule has 0 heterocycles. The molecule has 1 aromatic rings. The van der Waals surface area contributed by atoms with Crippen molar-refractivity contribution in [2.75, 3.05) is 6.54 Å². The molecule has 0 bridgehead atoms. The Bertz CT molecular complexity index is 324. The van der Waals surface area contributed by atoms with Gasteiger partial charge in [0.2, 0.25) is 0 Å². The number of rotatable bonds is 3. The summed E-state index contributed by atoms with van der Waals surface area (Å²) in [4.78, 5) is 0. The van der Waals surface area contributed by atoms with Crippen molar-refractivity contribution in [3.8, 4) is 0 Å². The summed E-state index contributed by atoms with van der Waals surface area (Å²) in [5.74, 6) is -0.567. The van der Waals surface area contributed by atoms with E-state index in [1.54, 1.807) is 13.0 Å². The topological polar surface area (TPSA) is 26.0 Å². The van der Waals surface area contributed by atoms with E-state index in [2.05, 4.69) is 15.9 Å². The van der Waals surface area contributed by atoms with Crippen molar-refractivity contribution < 1.29 is 8.78 Å². The van der Waals surface area contributed by atoms with E-state index in [1.807, 2.05) is 0 Å². The minimum atomic E-state index is -1.77. The lowest BCUT2D eigenvalue weighted by molar-refractivity contribution is 0.162. The Kier molecular flexibility index (Phi) is 3.61. The summed E-state index contributed by atoms with van der Waals surface area (Å²) >= 11 is 3.01. The summed E-state index contributed by atoms with van der Waals surface area (Å²) < 4.78 is 27.8. The highest BCUT2D eigenvalue weighted by Crippen LogP contribution is 2.33. The third-order valence-corrected chi connectivity index (χ3v) is 2.93. The second kappa shape index (κ2) is 4.36. The average Bonchev–Trinajstić information content (AvgIpc) is 2.21. The molecule has 1 nitrogen and oxygen atoms in total. The molecular formula is C10H12BrF2N. The second-order valence-corrected chi connectivity index (χ2v) is 3.98. The Morgan fingerprint density at radius 3 is 2.64 bits per heavy atom. The minimum Gasteiger partial charge on any atom is -0.327 e. The number of hydrogen-bond donors (Lipinski definition) is 1. The van der Waals surface area contributed by atoms with Crippen LogP contribution < -0.4 is 5.73 Å². The Morgan fingerprint density at radius 1 is 1.50 bits per heavy atom. The summed E-state index contributed by atoms with van der Waals surface area (Å²) in [5, 5.41) is 0. The number of nitrogens with two attached hydrogens (primary N) is 1. The largest absolute Gasteiger partial charge is 0.327 e. The van der Waals surface area contributed by atoms with Crippen LogP contribution in [0.15, 0.2) is 22.7 Å². The maximum atomic E-state index is 14.0. The maximum Gasteiger partial charge on any atom is 0.150 e. The fourth-order valence-corrected chi connectivity index (χ4v) is 1.66. The molecule has 78 valence electrons. The summed E-state index contributed by atoms with van der Waals surface area (Å²) in [7, 11) is 0. The zero-order valence-electron chi connectivity index (χ0n) is 7.86. The summed E-state index contributed by atoms with van der Waals surface area (Å²) in [5.41, 5.74) is 3.57. The molecule has 0 fully saturated rings. The number of halogens is 3. The summed E-state index contributed by atoms with van der Waals surface area (Å²) in [6, 6.07) is 4.56. The van der Waals surface area contributed by atoms with Crippen molar-refractivity contribution in [2.24, 2.45) is 5.73 Å². The van der Waals surface area contributed by atoms with Crippen molar-refractivity contribution in [3.05, 3.63) is 34.1 Å². The minimum absolute atomic E-state index is 0.0249. The van der Waals surface area contributed by atoms with Crippen molar-refractivity contribution in [1.29, 1.82) is 0 Å². The molecule has 0 spiro atoms. The van der Waals surface area contributed by atoms with Gasteiger partial charge in [-0.1, -0.05) is 19.1 Å². The van der Waals surface area contributed by atoms with Gasteiger partial charge in [-0.3, -0.25) is 0 Å². The number of hydrogen-bond acceptors (Lipinski definition) is 1. The third kappa shape index (κ3) is 1.96. The van der Waals surface area contributed by atoms with Gasteiger partial charge in [-0.25, -0.2) is 8.78 Å². The maximum absolute atomic E-state index is 14.0. The van der Waals surface area contributed by atoms with Crippen molar-refractivity contribution >= 4 is 15.9 Å². The lowest BCUT2D eigenvalue weighted by Crippen LogP contribution is -2.30. The second-order valence-electron chi connectivity index (χ2n) is 3.12. The molecule has 0 saturated carbocycles. The van der Waals surface area contributed by atoms with E-state index >= 15 is 0 Å². The van der Waals surface area contributed by atoms with Crippen molar-refractivity contribution in [2.45, 2.75) is 19.0 Å². The Hall–Kier alpha value is -0.480. The molecule has 1 rings (SSSR count). The molecule has 0 saturated heterocycles. The first-order valence-corrected chi connectivity index (χ1v) is 5.18. The van der Waals surface area contributed by atoms with Gasteiger partial charge in [0.1, 0.15) is 5.82 Å². The van der Waals surface area contributed by atoms with Crippen LogP contribution in [0.2, 0.25) is 0 Å². The van der Waals surface area contributed by atoms with Crippen LogP contribution in [-0.2, 0) is 5.67 Å². The molecule has 0 aromatic heterocycles. The lowest BCUT2D eigenvalue weighted by Gasteiger charge is -2.23. The van der Waals surface area contributed by atoms with E-state index in [-0.39, 0.29) is 23.0 Å². The highest BCUT2D eigenvalue weighted by atomic mass is 79.9. The van der Waals surface area contributed by atoms with Crippen LogP contribution in [0.1, 0.15) is 18.9 Å². The van der Waals surface area contributed by atoms with Crippen LogP contribution in [0.4, 0.5) is 8.78 Å². The fourth-order valence-electron chi connectivity index (χ4n) is 1.29. The van der Waals surface area contributed by atoms with Crippen molar-refractivity contribution in [3.63, 3.8) is 0 Å². The van der Waals surface area contributed by atoms with Gasteiger partial charge in [0.15, 0.2) is 5.67 Å². The fraction of sp³-hybridized carbons (Fsp3) is 0.400. The van der Waals surface area contributed by atoms with Gasteiger partial charge >= 0.3 is 0 Å². The van der Waals surface area contributed by atoms with Gasteiger partial charge in [-0.05, 0) is 28.4 Å². The SMILES string of the molecule is CCC(F)(CN)c1cccc(Br)c1F. The normalized spacial score (nSPS) is 15.2. The van der Waals surface area contributed by atoms with Gasteiger partial charge in [0.25, 0.3) is 0 Å². The zero-order chi connectivity index (χ0) is 10.8. The molecule has 0 radical (unpaired) electrons. The number of alkyl halides is 1. The predicted molar refractivity (Wildman–Crippen MR) is 56.2 cm³/mol. The van der Waals surface area contributed by atoms with Gasteiger partial charge in [-0.2, -0.15) is 0 Å². The van der Waals surface area contributed by atoms with Crippen LogP contribution in [-0.4, -0.2) is 6.54 Å². The first kappa shape index (κ1) is 11.6. The quantitative estimate of drug-likeness (QED) is 0.891. The monoisotopic (exact) mass is 263 g/mol. The van der Waals surface area contributed by atoms with E-state index in [9.17, 15) is 8.78 Å². The molecule has 0 amide bonds. The van der Waals surface area contributed by atoms with Gasteiger partial charge in [0, 0.05) is 12.1 Å². The van der Waals surface area contributed by atoms with Crippen LogP contribution >= 0.6 is 15.9 Å². The first-order valence-electron chi connectivity index (χ1n) is 4.38. The molecular weight excluding hydrogens is 252 g/mol. The molecule has 1 unspecified atom stereocenters. The summed E-state index contributed by atoms with van der Waals surface area (Å²) in [6.45, 7) is 1.43. The molecule has 0 aliphatic rings. The molecule has 1 atom stereocenters. The average molecular weight is 264 g/mol. The van der Waals surface area contributed by atoms with Gasteiger partial charge in [0.05, 0.1) is 4.47 Å². The van der Waals surface area contributed by atoms with Crippen LogP contribution in [0.5, 0.6) is 0 Å². The molecule has 2 N–H and O–H groups in total. The van der Waals surface area contributed by atoms with E-state index in [1.165, 1.54) is 12.1 Å². The molecule has 14 heavy (non-hydrogen) atoms. The predicted octanol–water partition coefficient (Wildman–Crippen LogP) is 3.12. The molecule has 0 aliphatic carbocycles. The highest BCUT2D eigenvalue weighted by Gasteiger charge is 2.31. The van der Waals surface area contributed by atoms with Crippen LogP contribution in [0, 0.1) is 5.82 Å². The molecule has 0 aliphatic heterocycles. The van der Waals surface area contributed by atoms with Crippen molar-refractivity contribution in [1.82, 2.24) is 0 Å². The Labute approximate surface area is 90.4 Å².